The summed E-state index contributed by atoms with van der Waals surface area (Å²) in [5, 5.41) is 25.1. The highest BCUT2D eigenvalue weighted by molar-refractivity contribution is 7.15. The van der Waals surface area contributed by atoms with E-state index < -0.39 is 41.2 Å². The van der Waals surface area contributed by atoms with Crippen molar-refractivity contribution in [3.63, 3.8) is 0 Å². The lowest BCUT2D eigenvalue weighted by molar-refractivity contribution is -0.132. The van der Waals surface area contributed by atoms with Crippen molar-refractivity contribution in [1.29, 1.82) is 0 Å². The predicted octanol–water partition coefficient (Wildman–Crippen LogP) is 3.64. The van der Waals surface area contributed by atoms with Crippen LogP contribution in [0.3, 0.4) is 0 Å². The van der Waals surface area contributed by atoms with Gasteiger partial charge in [0.25, 0.3) is 5.91 Å². The fourth-order valence-corrected chi connectivity index (χ4v) is 3.92. The van der Waals surface area contributed by atoms with E-state index in [-0.39, 0.29) is 11.5 Å². The van der Waals surface area contributed by atoms with Gasteiger partial charge in [-0.2, -0.15) is 0 Å². The van der Waals surface area contributed by atoms with Crippen molar-refractivity contribution in [2.24, 2.45) is 0 Å². The fraction of sp³-hybridized carbons (Fsp3) is 0.500. The van der Waals surface area contributed by atoms with E-state index in [0.29, 0.717) is 17.6 Å². The van der Waals surface area contributed by atoms with Crippen LogP contribution in [0.1, 0.15) is 69.4 Å². The van der Waals surface area contributed by atoms with Crippen LogP contribution >= 0.6 is 11.3 Å². The summed E-state index contributed by atoms with van der Waals surface area (Å²) < 4.78 is 26.6. The van der Waals surface area contributed by atoms with Crippen LogP contribution in [-0.2, 0) is 9.59 Å². The van der Waals surface area contributed by atoms with Crippen molar-refractivity contribution in [2.75, 3.05) is 5.32 Å². The number of aliphatic hydroxyl groups excluding tert-OH is 1. The lowest BCUT2D eigenvalue weighted by atomic mass is 9.96. The highest BCUT2D eigenvalue weighted by Gasteiger charge is 2.24. The Kier molecular flexibility index (Phi) is 8.82. The summed E-state index contributed by atoms with van der Waals surface area (Å²) >= 11 is 1.32. The molecule has 0 fully saturated rings. The first-order valence-corrected chi connectivity index (χ1v) is 11.1. The Balaban J connectivity index is 1.89. The number of aromatic nitrogens is 1. The molecule has 2 rings (SSSR count). The summed E-state index contributed by atoms with van der Waals surface area (Å²) in [7, 11) is 0. The second-order valence-corrected chi connectivity index (χ2v) is 9.56. The number of amides is 2. The zero-order chi connectivity index (χ0) is 24.1. The van der Waals surface area contributed by atoms with E-state index in [2.05, 4.69) is 15.6 Å². The van der Waals surface area contributed by atoms with Gasteiger partial charge in [0.1, 0.15) is 17.7 Å². The number of anilines is 1. The van der Waals surface area contributed by atoms with Crippen LogP contribution in [0.25, 0.3) is 0 Å². The van der Waals surface area contributed by atoms with Crippen LogP contribution in [-0.4, -0.2) is 38.7 Å². The summed E-state index contributed by atoms with van der Waals surface area (Å²) in [5.41, 5.74) is -0.959. The molecule has 0 bridgehead atoms. The average molecular weight is 470 g/mol. The zero-order valence-corrected chi connectivity index (χ0v) is 19.3. The van der Waals surface area contributed by atoms with Gasteiger partial charge in [-0.3, -0.25) is 9.59 Å². The van der Waals surface area contributed by atoms with Gasteiger partial charge in [-0.25, -0.2) is 13.8 Å². The Hall–Kier alpha value is -2.43. The molecule has 2 aromatic rings. The maximum absolute atomic E-state index is 13.3. The second-order valence-electron chi connectivity index (χ2n) is 8.50. The van der Waals surface area contributed by atoms with Gasteiger partial charge >= 0.3 is 0 Å². The molecule has 7 nitrogen and oxygen atoms in total. The summed E-state index contributed by atoms with van der Waals surface area (Å²) in [6.07, 6.45) is 2.26. The lowest BCUT2D eigenvalue weighted by Gasteiger charge is -2.17. The molecule has 0 saturated heterocycles. The Labute approximate surface area is 189 Å². The number of hydrogen-bond acceptors (Lipinski definition) is 6. The SMILES string of the molecule is CC(NC(=O)C(O)c1cc(F)cc(F)c1)C(=O)Nc1ncc(C(C)CCCC(C)(C)O)s1. The molecule has 0 aliphatic heterocycles. The minimum absolute atomic E-state index is 0.208. The molecule has 1 aromatic carbocycles. The maximum Gasteiger partial charge on any atom is 0.254 e. The third-order valence-electron chi connectivity index (χ3n) is 4.87. The lowest BCUT2D eigenvalue weighted by Crippen LogP contribution is -2.43. The third kappa shape index (κ3) is 7.92. The standard InChI is InChI=1S/C22H29F2N3O4S/c1-12(6-5-7-22(3,4)31)17-11-25-21(32-17)27-19(29)13(2)26-20(30)18(28)14-8-15(23)10-16(24)9-14/h8-13,18,28,31H,5-7H2,1-4H3,(H,26,30)(H,25,27,29). The van der Waals surface area contributed by atoms with Crippen LogP contribution in [0.15, 0.2) is 24.4 Å². The average Bonchev–Trinajstić information content (AvgIpc) is 3.14. The minimum Gasteiger partial charge on any atom is -0.390 e. The Bertz CT molecular complexity index is 925. The number of halogens is 2. The largest absolute Gasteiger partial charge is 0.390 e. The molecule has 0 aliphatic rings. The first-order valence-electron chi connectivity index (χ1n) is 10.3. The number of aliphatic hydroxyl groups is 2. The molecule has 0 radical (unpaired) electrons. The van der Waals surface area contributed by atoms with Gasteiger partial charge in [0.2, 0.25) is 5.91 Å². The van der Waals surface area contributed by atoms with E-state index in [1.165, 1.54) is 18.3 Å². The van der Waals surface area contributed by atoms with E-state index in [4.69, 9.17) is 0 Å². The molecule has 1 heterocycles. The second kappa shape index (κ2) is 10.9. The van der Waals surface area contributed by atoms with Crippen molar-refractivity contribution in [3.05, 3.63) is 46.5 Å². The van der Waals surface area contributed by atoms with Crippen LogP contribution in [0.4, 0.5) is 13.9 Å². The van der Waals surface area contributed by atoms with Gasteiger partial charge in [0.15, 0.2) is 11.2 Å². The summed E-state index contributed by atoms with van der Waals surface area (Å²) in [4.78, 5) is 29.7. The molecule has 32 heavy (non-hydrogen) atoms. The third-order valence-corrected chi connectivity index (χ3v) is 6.01. The molecule has 4 N–H and O–H groups in total. The molecule has 1 aromatic heterocycles. The first kappa shape index (κ1) is 25.8. The van der Waals surface area contributed by atoms with Crippen molar-refractivity contribution in [1.82, 2.24) is 10.3 Å². The first-order chi connectivity index (χ1) is 14.9. The molecule has 176 valence electrons. The molecule has 0 saturated carbocycles. The number of rotatable bonds is 10. The van der Waals surface area contributed by atoms with Gasteiger partial charge in [-0.15, -0.1) is 11.3 Å². The normalized spacial score (nSPS) is 14.5. The highest BCUT2D eigenvalue weighted by Crippen LogP contribution is 2.30. The van der Waals surface area contributed by atoms with Crippen LogP contribution < -0.4 is 10.6 Å². The molecule has 3 unspecified atom stereocenters. The summed E-state index contributed by atoms with van der Waals surface area (Å²) in [5.74, 6) is -3.15. The van der Waals surface area contributed by atoms with Gasteiger partial charge in [-0.1, -0.05) is 6.92 Å². The number of carbonyl (C=O) groups excluding carboxylic acids is 2. The smallest absolute Gasteiger partial charge is 0.254 e. The van der Waals surface area contributed by atoms with E-state index in [1.54, 1.807) is 20.0 Å². The topological polar surface area (TPSA) is 112 Å². The van der Waals surface area contributed by atoms with Gasteiger partial charge < -0.3 is 20.8 Å². The molecular weight excluding hydrogens is 440 g/mol. The Morgan fingerprint density at radius 2 is 1.78 bits per heavy atom. The fourth-order valence-electron chi connectivity index (χ4n) is 3.01. The van der Waals surface area contributed by atoms with Gasteiger partial charge in [0, 0.05) is 17.1 Å². The van der Waals surface area contributed by atoms with Crippen molar-refractivity contribution < 1.29 is 28.6 Å². The Morgan fingerprint density at radius 1 is 1.16 bits per heavy atom. The molecular formula is C22H29F2N3O4S. The molecule has 3 atom stereocenters. The van der Waals surface area contributed by atoms with Crippen LogP contribution in [0, 0.1) is 11.6 Å². The highest BCUT2D eigenvalue weighted by atomic mass is 32.1. The van der Waals surface area contributed by atoms with Crippen molar-refractivity contribution >= 4 is 28.3 Å². The van der Waals surface area contributed by atoms with E-state index in [0.717, 1.165) is 29.9 Å². The van der Waals surface area contributed by atoms with Gasteiger partial charge in [-0.05, 0) is 63.6 Å². The molecule has 0 spiro atoms. The number of carbonyl (C=O) groups is 2. The zero-order valence-electron chi connectivity index (χ0n) is 18.5. The number of thiazole rings is 1. The summed E-state index contributed by atoms with van der Waals surface area (Å²) in [6.45, 7) is 7.00. The van der Waals surface area contributed by atoms with Crippen LogP contribution in [0.2, 0.25) is 0 Å². The quantitative estimate of drug-likeness (QED) is 0.425. The maximum atomic E-state index is 13.3. The van der Waals surface area contributed by atoms with Gasteiger partial charge in [0.05, 0.1) is 5.60 Å². The van der Waals surface area contributed by atoms with Crippen molar-refractivity contribution in [2.45, 2.75) is 70.6 Å². The monoisotopic (exact) mass is 469 g/mol. The predicted molar refractivity (Wildman–Crippen MR) is 118 cm³/mol. The molecule has 10 heteroatoms. The van der Waals surface area contributed by atoms with E-state index in [9.17, 15) is 28.6 Å². The number of benzene rings is 1. The summed E-state index contributed by atoms with van der Waals surface area (Å²) in [6, 6.07) is 1.29. The number of nitrogens with zero attached hydrogens (tertiary/aromatic N) is 1. The van der Waals surface area contributed by atoms with Crippen LogP contribution in [0.5, 0.6) is 0 Å². The van der Waals surface area contributed by atoms with E-state index in [1.807, 2.05) is 6.92 Å². The number of nitrogens with one attached hydrogen (secondary N) is 2. The molecule has 0 aliphatic carbocycles. The van der Waals surface area contributed by atoms with E-state index >= 15 is 0 Å². The number of hydrogen-bond donors (Lipinski definition) is 4. The Morgan fingerprint density at radius 3 is 2.38 bits per heavy atom. The van der Waals surface area contributed by atoms with Crippen molar-refractivity contribution in [3.8, 4) is 0 Å². The minimum atomic E-state index is -1.83. The molecule has 2 amide bonds.